The Bertz CT molecular complexity index is 533. The number of amides is 1. The maximum Gasteiger partial charge on any atom is 0.269 e. The van der Waals surface area contributed by atoms with Crippen molar-refractivity contribution in [3.8, 4) is 5.75 Å². The number of carbonyl (C=O) groups excluding carboxylic acids is 1. The van der Waals surface area contributed by atoms with Gasteiger partial charge >= 0.3 is 0 Å². The van der Waals surface area contributed by atoms with Crippen LogP contribution in [0.25, 0.3) is 10.9 Å². The van der Waals surface area contributed by atoms with Crippen LogP contribution in [0.3, 0.4) is 0 Å². The predicted octanol–water partition coefficient (Wildman–Crippen LogP) is 1.93. The fraction of sp³-hybridized carbons (Fsp3) is 0.100. The Balaban J connectivity index is 2.79. The highest BCUT2D eigenvalue weighted by molar-refractivity contribution is 6.31. The topological polar surface area (TPSA) is 68.1 Å². The molecule has 3 N–H and O–H groups in total. The SMILES string of the molecule is COc1c(C(N)=O)[nH]c2ccc(Cl)cc12. The molecule has 0 aliphatic rings. The zero-order valence-electron chi connectivity index (χ0n) is 8.00. The molecule has 0 saturated heterocycles. The Morgan fingerprint density at radius 3 is 2.87 bits per heavy atom. The Morgan fingerprint density at radius 2 is 2.27 bits per heavy atom. The van der Waals surface area contributed by atoms with Crippen molar-refractivity contribution >= 4 is 28.4 Å². The molecule has 1 aromatic heterocycles. The van der Waals surface area contributed by atoms with Crippen LogP contribution >= 0.6 is 11.6 Å². The summed E-state index contributed by atoms with van der Waals surface area (Å²) in [6.45, 7) is 0. The smallest absolute Gasteiger partial charge is 0.269 e. The lowest BCUT2D eigenvalue weighted by molar-refractivity contribution is 0.0993. The third kappa shape index (κ3) is 1.53. The standard InChI is InChI=1S/C10H9ClN2O2/c1-15-9-6-4-5(11)2-3-7(6)13-8(9)10(12)14/h2-4,13H,1H3,(H2,12,14). The van der Waals surface area contributed by atoms with Crippen LogP contribution in [0.4, 0.5) is 0 Å². The highest BCUT2D eigenvalue weighted by atomic mass is 35.5. The Labute approximate surface area is 91.0 Å². The zero-order valence-corrected chi connectivity index (χ0v) is 8.76. The second-order valence-corrected chi connectivity index (χ2v) is 3.52. The maximum absolute atomic E-state index is 11.1. The predicted molar refractivity (Wildman–Crippen MR) is 58.4 cm³/mol. The van der Waals surface area contributed by atoms with Gasteiger partial charge in [0.2, 0.25) is 0 Å². The third-order valence-corrected chi connectivity index (χ3v) is 2.40. The number of nitrogens with one attached hydrogen (secondary N) is 1. The number of aromatic amines is 1. The van der Waals surface area contributed by atoms with E-state index < -0.39 is 5.91 Å². The van der Waals surface area contributed by atoms with E-state index in [1.54, 1.807) is 18.2 Å². The lowest BCUT2D eigenvalue weighted by Gasteiger charge is -1.99. The average molecular weight is 225 g/mol. The van der Waals surface area contributed by atoms with Crippen molar-refractivity contribution in [2.24, 2.45) is 5.73 Å². The van der Waals surface area contributed by atoms with Crippen LogP contribution < -0.4 is 10.5 Å². The van der Waals surface area contributed by atoms with E-state index in [2.05, 4.69) is 4.98 Å². The minimum Gasteiger partial charge on any atom is -0.494 e. The largest absolute Gasteiger partial charge is 0.494 e. The number of aromatic nitrogens is 1. The van der Waals surface area contributed by atoms with Gasteiger partial charge in [-0.15, -0.1) is 0 Å². The molecule has 4 nitrogen and oxygen atoms in total. The second-order valence-electron chi connectivity index (χ2n) is 3.09. The molecule has 78 valence electrons. The second kappa shape index (κ2) is 3.47. The van der Waals surface area contributed by atoms with Gasteiger partial charge in [-0.05, 0) is 18.2 Å². The molecular weight excluding hydrogens is 216 g/mol. The number of ether oxygens (including phenoxy) is 1. The van der Waals surface area contributed by atoms with Crippen molar-refractivity contribution in [1.29, 1.82) is 0 Å². The first-order valence-electron chi connectivity index (χ1n) is 4.28. The van der Waals surface area contributed by atoms with Gasteiger partial charge in [-0.2, -0.15) is 0 Å². The van der Waals surface area contributed by atoms with E-state index in [1.165, 1.54) is 7.11 Å². The van der Waals surface area contributed by atoms with E-state index in [9.17, 15) is 4.79 Å². The Morgan fingerprint density at radius 1 is 1.53 bits per heavy atom. The van der Waals surface area contributed by atoms with Gasteiger partial charge < -0.3 is 15.5 Å². The Kier molecular flexibility index (Phi) is 2.28. The van der Waals surface area contributed by atoms with Gasteiger partial charge in [-0.3, -0.25) is 4.79 Å². The third-order valence-electron chi connectivity index (χ3n) is 2.16. The summed E-state index contributed by atoms with van der Waals surface area (Å²) in [5.41, 5.74) is 6.24. The molecular formula is C10H9ClN2O2. The van der Waals surface area contributed by atoms with Crippen molar-refractivity contribution in [1.82, 2.24) is 4.98 Å². The normalized spacial score (nSPS) is 10.5. The first-order valence-corrected chi connectivity index (χ1v) is 4.66. The molecule has 0 aliphatic carbocycles. The van der Waals surface area contributed by atoms with Crippen LogP contribution in [0.5, 0.6) is 5.75 Å². The summed E-state index contributed by atoms with van der Waals surface area (Å²) in [4.78, 5) is 14.0. The van der Waals surface area contributed by atoms with Gasteiger partial charge in [0.05, 0.1) is 7.11 Å². The van der Waals surface area contributed by atoms with E-state index in [-0.39, 0.29) is 5.69 Å². The molecule has 0 atom stereocenters. The van der Waals surface area contributed by atoms with Crippen molar-refractivity contribution in [3.63, 3.8) is 0 Å². The minimum atomic E-state index is -0.556. The highest BCUT2D eigenvalue weighted by Gasteiger charge is 2.16. The molecule has 15 heavy (non-hydrogen) atoms. The Hall–Kier alpha value is -1.68. The summed E-state index contributed by atoms with van der Waals surface area (Å²) >= 11 is 5.85. The number of rotatable bonds is 2. The summed E-state index contributed by atoms with van der Waals surface area (Å²) in [7, 11) is 1.48. The maximum atomic E-state index is 11.1. The number of hydrogen-bond donors (Lipinski definition) is 2. The van der Waals surface area contributed by atoms with Gasteiger partial charge in [0.25, 0.3) is 5.91 Å². The number of primary amides is 1. The fourth-order valence-electron chi connectivity index (χ4n) is 1.52. The fourth-order valence-corrected chi connectivity index (χ4v) is 1.70. The van der Waals surface area contributed by atoms with Crippen LogP contribution in [0.1, 0.15) is 10.5 Å². The molecule has 0 radical (unpaired) electrons. The van der Waals surface area contributed by atoms with Crippen LogP contribution in [0, 0.1) is 0 Å². The van der Waals surface area contributed by atoms with Crippen LogP contribution in [-0.2, 0) is 0 Å². The molecule has 2 aromatic rings. The zero-order chi connectivity index (χ0) is 11.0. The lowest BCUT2D eigenvalue weighted by atomic mass is 10.2. The van der Waals surface area contributed by atoms with Gasteiger partial charge in [0.15, 0.2) is 5.75 Å². The minimum absolute atomic E-state index is 0.259. The summed E-state index contributed by atoms with van der Waals surface area (Å²) in [5.74, 6) is -0.126. The average Bonchev–Trinajstić information content (AvgIpc) is 2.55. The van der Waals surface area contributed by atoms with Crippen molar-refractivity contribution < 1.29 is 9.53 Å². The van der Waals surface area contributed by atoms with Crippen molar-refractivity contribution in [2.45, 2.75) is 0 Å². The number of halogens is 1. The molecule has 0 saturated carbocycles. The highest BCUT2D eigenvalue weighted by Crippen LogP contribution is 2.31. The molecule has 0 unspecified atom stereocenters. The van der Waals surface area contributed by atoms with Crippen LogP contribution in [0.2, 0.25) is 5.02 Å². The number of methoxy groups -OCH3 is 1. The summed E-state index contributed by atoms with van der Waals surface area (Å²) in [6.07, 6.45) is 0. The number of carbonyl (C=O) groups is 1. The molecule has 5 heteroatoms. The van der Waals surface area contributed by atoms with Crippen molar-refractivity contribution in [3.05, 3.63) is 28.9 Å². The molecule has 0 fully saturated rings. The number of fused-ring (bicyclic) bond motifs is 1. The summed E-state index contributed by atoms with van der Waals surface area (Å²) in [6, 6.07) is 5.22. The monoisotopic (exact) mass is 224 g/mol. The molecule has 1 amide bonds. The molecule has 1 heterocycles. The van der Waals surface area contributed by atoms with Crippen molar-refractivity contribution in [2.75, 3.05) is 7.11 Å². The van der Waals surface area contributed by atoms with E-state index in [1.807, 2.05) is 0 Å². The van der Waals surface area contributed by atoms with E-state index >= 15 is 0 Å². The molecule has 0 bridgehead atoms. The number of nitrogens with two attached hydrogens (primary N) is 1. The summed E-state index contributed by atoms with van der Waals surface area (Å²) < 4.78 is 5.12. The molecule has 0 aliphatic heterocycles. The van der Waals surface area contributed by atoms with Crippen LogP contribution in [-0.4, -0.2) is 18.0 Å². The van der Waals surface area contributed by atoms with Gasteiger partial charge in [0, 0.05) is 15.9 Å². The molecule has 2 rings (SSSR count). The lowest BCUT2D eigenvalue weighted by Crippen LogP contribution is -2.12. The summed E-state index contributed by atoms with van der Waals surface area (Å²) in [5, 5.41) is 1.33. The van der Waals surface area contributed by atoms with Gasteiger partial charge in [-0.1, -0.05) is 11.6 Å². The molecule has 0 spiro atoms. The number of benzene rings is 1. The van der Waals surface area contributed by atoms with E-state index in [0.717, 1.165) is 10.9 Å². The van der Waals surface area contributed by atoms with Crippen LogP contribution in [0.15, 0.2) is 18.2 Å². The first kappa shape index (κ1) is 9.86. The first-order chi connectivity index (χ1) is 7.13. The number of hydrogen-bond acceptors (Lipinski definition) is 2. The molecule has 1 aromatic carbocycles. The van der Waals surface area contributed by atoms with Gasteiger partial charge in [0.1, 0.15) is 5.69 Å². The van der Waals surface area contributed by atoms with E-state index in [0.29, 0.717) is 10.8 Å². The number of H-pyrrole nitrogens is 1. The van der Waals surface area contributed by atoms with E-state index in [4.69, 9.17) is 22.1 Å². The quantitative estimate of drug-likeness (QED) is 0.819. The van der Waals surface area contributed by atoms with Gasteiger partial charge in [-0.25, -0.2) is 0 Å².